The highest BCUT2D eigenvalue weighted by Gasteiger charge is 2.37. The summed E-state index contributed by atoms with van der Waals surface area (Å²) in [7, 11) is 5.09. The second kappa shape index (κ2) is 10.2. The Hall–Kier alpha value is -2.13. The maximum Gasteiger partial charge on any atom is 0.181 e. The maximum absolute atomic E-state index is 6.12. The first-order chi connectivity index (χ1) is 15.6. The Kier molecular flexibility index (Phi) is 7.35. The van der Waals surface area contributed by atoms with E-state index < -0.39 is 5.79 Å². The van der Waals surface area contributed by atoms with Crippen molar-refractivity contribution in [1.29, 1.82) is 0 Å². The summed E-state index contributed by atoms with van der Waals surface area (Å²) in [5, 5.41) is 0. The highest BCUT2D eigenvalue weighted by atomic mass is 79.9. The minimum atomic E-state index is -0.470. The molecule has 2 aliphatic rings. The van der Waals surface area contributed by atoms with Crippen LogP contribution in [0, 0.1) is 0 Å². The van der Waals surface area contributed by atoms with Gasteiger partial charge in [-0.1, -0.05) is 22.0 Å². The van der Waals surface area contributed by atoms with E-state index in [-0.39, 0.29) is 0 Å². The lowest BCUT2D eigenvalue weighted by Gasteiger charge is -2.28. The number of nitrogens with zero attached hydrogens (tertiary/aromatic N) is 3. The summed E-state index contributed by atoms with van der Waals surface area (Å²) < 4.78 is 23.9. The summed E-state index contributed by atoms with van der Waals surface area (Å²) in [6.07, 6.45) is 3.69. The van der Waals surface area contributed by atoms with Crippen molar-refractivity contribution in [2.75, 3.05) is 59.1 Å². The molecular formula is C24H30BrN3O4. The minimum Gasteiger partial charge on any atom is -0.493 e. The van der Waals surface area contributed by atoms with Crippen LogP contribution in [-0.2, 0) is 9.47 Å². The van der Waals surface area contributed by atoms with Gasteiger partial charge in [-0.15, -0.1) is 0 Å². The molecular weight excluding hydrogens is 474 g/mol. The van der Waals surface area contributed by atoms with Gasteiger partial charge in [-0.25, -0.2) is 0 Å². The molecule has 0 N–H and O–H groups in total. The fourth-order valence-electron chi connectivity index (χ4n) is 4.24. The highest BCUT2D eigenvalue weighted by molar-refractivity contribution is 9.10. The molecule has 2 aromatic rings. The molecule has 1 saturated heterocycles. The van der Waals surface area contributed by atoms with E-state index in [2.05, 4.69) is 42.9 Å². The zero-order valence-electron chi connectivity index (χ0n) is 18.8. The smallest absolute Gasteiger partial charge is 0.181 e. The van der Waals surface area contributed by atoms with Crippen LogP contribution in [0.15, 0.2) is 45.9 Å². The zero-order chi connectivity index (χ0) is 22.6. The van der Waals surface area contributed by atoms with Crippen molar-refractivity contribution in [3.05, 3.63) is 46.4 Å². The Morgan fingerprint density at radius 2 is 1.94 bits per heavy atom. The van der Waals surface area contributed by atoms with Crippen LogP contribution in [0.3, 0.4) is 0 Å². The van der Waals surface area contributed by atoms with Crippen LogP contribution in [0.4, 0.5) is 11.4 Å². The predicted octanol–water partition coefficient (Wildman–Crippen LogP) is 4.45. The number of likely N-dealkylation sites (tertiary alicyclic amines) is 1. The monoisotopic (exact) mass is 503 g/mol. The molecule has 0 radical (unpaired) electrons. The van der Waals surface area contributed by atoms with Gasteiger partial charge in [-0.2, -0.15) is 0 Å². The van der Waals surface area contributed by atoms with Crippen LogP contribution in [0.1, 0.15) is 18.4 Å². The van der Waals surface area contributed by atoms with Gasteiger partial charge in [-0.3, -0.25) is 9.89 Å². The van der Waals surface area contributed by atoms with E-state index in [1.54, 1.807) is 21.3 Å². The van der Waals surface area contributed by atoms with Crippen LogP contribution in [-0.4, -0.2) is 71.1 Å². The average Bonchev–Trinajstić information content (AvgIpc) is 3.25. The van der Waals surface area contributed by atoms with Gasteiger partial charge < -0.3 is 23.8 Å². The molecule has 32 heavy (non-hydrogen) atoms. The molecule has 4 rings (SSSR count). The molecule has 8 heteroatoms. The molecule has 7 nitrogen and oxygen atoms in total. The second-order valence-electron chi connectivity index (χ2n) is 7.97. The van der Waals surface area contributed by atoms with Crippen molar-refractivity contribution in [3.63, 3.8) is 0 Å². The third-order valence-corrected chi connectivity index (χ3v) is 6.56. The Labute approximate surface area is 198 Å². The van der Waals surface area contributed by atoms with Crippen molar-refractivity contribution in [2.24, 2.45) is 4.99 Å². The first kappa shape index (κ1) is 23.0. The van der Waals surface area contributed by atoms with Gasteiger partial charge in [-0.05, 0) is 30.7 Å². The quantitative estimate of drug-likeness (QED) is 0.372. The van der Waals surface area contributed by atoms with Crippen LogP contribution < -0.4 is 14.4 Å². The predicted molar refractivity (Wildman–Crippen MR) is 130 cm³/mol. The molecule has 2 heterocycles. The molecule has 0 atom stereocenters. The zero-order valence-corrected chi connectivity index (χ0v) is 20.4. The van der Waals surface area contributed by atoms with Crippen molar-refractivity contribution >= 4 is 33.5 Å². The molecule has 2 aliphatic heterocycles. The standard InChI is InChI=1S/C24H30BrN3O4/c1-29-22-14-21-18(15-26-17-28(21)20-7-4-6-19(25)13-20)12-23(22)32-11-5-9-27-10-8-24(16-27,30-2)31-3/h4,6-7,12-15H,5,8-11,16-17H2,1-3H3. The molecule has 0 aliphatic carbocycles. The van der Waals surface area contributed by atoms with Gasteiger partial charge >= 0.3 is 0 Å². The van der Waals surface area contributed by atoms with Gasteiger partial charge in [0.1, 0.15) is 6.67 Å². The number of hydrogen-bond donors (Lipinski definition) is 0. The number of benzene rings is 2. The molecule has 2 aromatic carbocycles. The number of hydrogen-bond acceptors (Lipinski definition) is 7. The van der Waals surface area contributed by atoms with E-state index in [1.165, 1.54) is 0 Å². The lowest BCUT2D eigenvalue weighted by atomic mass is 10.1. The lowest BCUT2D eigenvalue weighted by molar-refractivity contribution is -0.195. The third kappa shape index (κ3) is 4.93. The Balaban J connectivity index is 1.41. The Morgan fingerprint density at radius 3 is 2.66 bits per heavy atom. The van der Waals surface area contributed by atoms with Crippen LogP contribution in [0.2, 0.25) is 0 Å². The topological polar surface area (TPSA) is 55.8 Å². The molecule has 0 saturated carbocycles. The second-order valence-corrected chi connectivity index (χ2v) is 8.89. The van der Waals surface area contributed by atoms with Crippen molar-refractivity contribution in [3.8, 4) is 11.5 Å². The number of ether oxygens (including phenoxy) is 4. The van der Waals surface area contributed by atoms with Gasteiger partial charge in [0.2, 0.25) is 0 Å². The SMILES string of the molecule is COc1cc2c(cc1OCCCN1CCC(OC)(OC)C1)C=NCN2c1cccc(Br)c1. The van der Waals surface area contributed by atoms with E-state index in [4.69, 9.17) is 18.9 Å². The van der Waals surface area contributed by atoms with Gasteiger partial charge in [0.05, 0.1) is 25.9 Å². The maximum atomic E-state index is 6.12. The number of fused-ring (bicyclic) bond motifs is 1. The fraction of sp³-hybridized carbons (Fsp3) is 0.458. The summed E-state index contributed by atoms with van der Waals surface area (Å²) in [6, 6.07) is 12.2. The molecule has 0 amide bonds. The largest absolute Gasteiger partial charge is 0.493 e. The fourth-order valence-corrected chi connectivity index (χ4v) is 4.63. The first-order valence-electron chi connectivity index (χ1n) is 10.8. The van der Waals surface area contributed by atoms with Gasteiger partial charge in [0, 0.05) is 61.7 Å². The number of anilines is 2. The normalized spacial score (nSPS) is 17.4. The van der Waals surface area contributed by atoms with Gasteiger partial charge in [0.15, 0.2) is 17.3 Å². The van der Waals surface area contributed by atoms with E-state index in [0.717, 1.165) is 65.4 Å². The Bertz CT molecular complexity index is 964. The molecule has 172 valence electrons. The van der Waals surface area contributed by atoms with Crippen LogP contribution in [0.25, 0.3) is 0 Å². The van der Waals surface area contributed by atoms with E-state index in [1.807, 2.05) is 30.5 Å². The van der Waals surface area contributed by atoms with Crippen LogP contribution in [0.5, 0.6) is 11.5 Å². The number of aliphatic imine (C=N–C) groups is 1. The molecule has 0 aromatic heterocycles. The summed E-state index contributed by atoms with van der Waals surface area (Å²) in [6.45, 7) is 3.84. The number of halogens is 1. The molecule has 0 unspecified atom stereocenters. The van der Waals surface area contributed by atoms with E-state index in [9.17, 15) is 0 Å². The van der Waals surface area contributed by atoms with Gasteiger partial charge in [0.25, 0.3) is 0 Å². The van der Waals surface area contributed by atoms with E-state index in [0.29, 0.717) is 13.3 Å². The van der Waals surface area contributed by atoms with E-state index >= 15 is 0 Å². The summed E-state index contributed by atoms with van der Waals surface area (Å²) in [5.74, 6) is 0.985. The minimum absolute atomic E-state index is 0.470. The average molecular weight is 504 g/mol. The summed E-state index contributed by atoms with van der Waals surface area (Å²) in [4.78, 5) is 9.05. The van der Waals surface area contributed by atoms with Crippen molar-refractivity contribution < 1.29 is 18.9 Å². The molecule has 1 fully saturated rings. The third-order valence-electron chi connectivity index (χ3n) is 6.07. The molecule has 0 spiro atoms. The molecule has 0 bridgehead atoms. The van der Waals surface area contributed by atoms with Crippen molar-refractivity contribution in [2.45, 2.75) is 18.6 Å². The number of rotatable bonds is 9. The highest BCUT2D eigenvalue weighted by Crippen LogP contribution is 2.39. The summed E-state index contributed by atoms with van der Waals surface area (Å²) >= 11 is 3.56. The van der Waals surface area contributed by atoms with Crippen LogP contribution >= 0.6 is 15.9 Å². The first-order valence-corrected chi connectivity index (χ1v) is 11.6. The lowest BCUT2D eigenvalue weighted by Crippen LogP contribution is -2.37. The number of methoxy groups -OCH3 is 3. The summed E-state index contributed by atoms with van der Waals surface area (Å²) in [5.41, 5.74) is 3.13. The Morgan fingerprint density at radius 1 is 1.09 bits per heavy atom. The van der Waals surface area contributed by atoms with Crippen molar-refractivity contribution in [1.82, 2.24) is 4.90 Å².